The fraction of sp³-hybridized carbons (Fsp3) is 0.588. The van der Waals surface area contributed by atoms with Crippen LogP contribution in [0.1, 0.15) is 42.5 Å². The van der Waals surface area contributed by atoms with Gasteiger partial charge in [0.1, 0.15) is 0 Å². The second kappa shape index (κ2) is 6.38. The average Bonchev–Trinajstić information content (AvgIpc) is 2.91. The minimum Gasteiger partial charge on any atom is -0.381 e. The Labute approximate surface area is 141 Å². The van der Waals surface area contributed by atoms with Crippen molar-refractivity contribution in [1.82, 2.24) is 4.90 Å². The summed E-state index contributed by atoms with van der Waals surface area (Å²) in [4.78, 5) is 14.7. The smallest absolute Gasteiger partial charge is 0.253 e. The van der Waals surface area contributed by atoms with Gasteiger partial charge in [-0.1, -0.05) is 29.6 Å². The fourth-order valence-electron chi connectivity index (χ4n) is 4.09. The standard InChI is InChI=1S/C17H21Cl2NO2/c1-22-15-4-2-7-17(15)8-3-9-20(11-17)16(21)12-5-6-13(18)14(19)10-12/h5-6,10,15H,2-4,7-9,11H2,1H3/t15-,17-/m1/s1. The van der Waals surface area contributed by atoms with Gasteiger partial charge in [-0.05, 0) is 43.9 Å². The minimum absolute atomic E-state index is 0.0411. The van der Waals surface area contributed by atoms with Crippen molar-refractivity contribution in [3.8, 4) is 0 Å². The normalized spacial score (nSPS) is 28.3. The highest BCUT2D eigenvalue weighted by Crippen LogP contribution is 2.46. The molecule has 2 fully saturated rings. The zero-order valence-corrected chi connectivity index (χ0v) is 14.3. The zero-order chi connectivity index (χ0) is 15.7. The maximum atomic E-state index is 12.8. The number of benzene rings is 1. The molecule has 3 nitrogen and oxygen atoms in total. The van der Waals surface area contributed by atoms with Crippen LogP contribution in [0.15, 0.2) is 18.2 Å². The third kappa shape index (κ3) is 2.86. The molecule has 2 atom stereocenters. The van der Waals surface area contributed by atoms with Crippen molar-refractivity contribution >= 4 is 29.1 Å². The molecule has 1 aromatic rings. The molecule has 1 saturated carbocycles. The number of hydrogen-bond acceptors (Lipinski definition) is 2. The molecule has 1 aliphatic carbocycles. The minimum atomic E-state index is 0.0411. The van der Waals surface area contributed by atoms with Gasteiger partial charge in [0.15, 0.2) is 0 Å². The number of nitrogens with zero attached hydrogens (tertiary/aromatic N) is 1. The number of rotatable bonds is 2. The van der Waals surface area contributed by atoms with Crippen LogP contribution in [-0.2, 0) is 4.74 Å². The highest BCUT2D eigenvalue weighted by Gasteiger charge is 2.46. The van der Waals surface area contributed by atoms with E-state index < -0.39 is 0 Å². The van der Waals surface area contributed by atoms with Gasteiger partial charge in [-0.3, -0.25) is 4.79 Å². The van der Waals surface area contributed by atoms with E-state index in [0.29, 0.717) is 15.6 Å². The van der Waals surface area contributed by atoms with Crippen molar-refractivity contribution in [2.75, 3.05) is 20.2 Å². The molecule has 3 rings (SSSR count). The zero-order valence-electron chi connectivity index (χ0n) is 12.8. The molecule has 1 amide bonds. The van der Waals surface area contributed by atoms with Crippen molar-refractivity contribution in [2.45, 2.75) is 38.2 Å². The summed E-state index contributed by atoms with van der Waals surface area (Å²) < 4.78 is 5.70. The van der Waals surface area contributed by atoms with E-state index in [4.69, 9.17) is 27.9 Å². The summed E-state index contributed by atoms with van der Waals surface area (Å²) in [6, 6.07) is 5.10. The lowest BCUT2D eigenvalue weighted by molar-refractivity contribution is -0.0295. The Morgan fingerprint density at radius 2 is 2.05 bits per heavy atom. The summed E-state index contributed by atoms with van der Waals surface area (Å²) in [5.41, 5.74) is 0.747. The summed E-state index contributed by atoms with van der Waals surface area (Å²) >= 11 is 12.0. The van der Waals surface area contributed by atoms with Crippen LogP contribution >= 0.6 is 23.2 Å². The van der Waals surface area contributed by atoms with E-state index in [0.717, 1.165) is 38.8 Å². The van der Waals surface area contributed by atoms with Gasteiger partial charge in [0, 0.05) is 31.2 Å². The van der Waals surface area contributed by atoms with Crippen LogP contribution < -0.4 is 0 Å². The molecule has 1 saturated heterocycles. The summed E-state index contributed by atoms with van der Waals surface area (Å²) in [6.07, 6.45) is 5.90. The number of halogens is 2. The molecule has 1 aromatic carbocycles. The molecule has 5 heteroatoms. The van der Waals surface area contributed by atoms with E-state index >= 15 is 0 Å². The number of piperidine rings is 1. The number of likely N-dealkylation sites (tertiary alicyclic amines) is 1. The Bertz CT molecular complexity index is 578. The first-order valence-electron chi connectivity index (χ1n) is 7.83. The van der Waals surface area contributed by atoms with Gasteiger partial charge in [-0.15, -0.1) is 0 Å². The largest absolute Gasteiger partial charge is 0.381 e. The molecule has 0 radical (unpaired) electrons. The molecule has 2 aliphatic rings. The van der Waals surface area contributed by atoms with Crippen LogP contribution in [0.2, 0.25) is 10.0 Å². The highest BCUT2D eigenvalue weighted by atomic mass is 35.5. The average molecular weight is 342 g/mol. The monoisotopic (exact) mass is 341 g/mol. The summed E-state index contributed by atoms with van der Waals surface area (Å²) in [5, 5.41) is 0.901. The second-order valence-corrected chi connectivity index (χ2v) is 7.25. The number of hydrogen-bond donors (Lipinski definition) is 0. The molecule has 0 unspecified atom stereocenters. The molecule has 0 aromatic heterocycles. The third-order valence-corrected chi connectivity index (χ3v) is 5.91. The maximum Gasteiger partial charge on any atom is 0.253 e. The number of amides is 1. The van der Waals surface area contributed by atoms with Gasteiger partial charge >= 0.3 is 0 Å². The predicted octanol–water partition coefficient (Wildman–Crippen LogP) is 4.41. The fourth-order valence-corrected chi connectivity index (χ4v) is 4.38. The van der Waals surface area contributed by atoms with Crippen LogP contribution in [0.3, 0.4) is 0 Å². The van der Waals surface area contributed by atoms with Gasteiger partial charge < -0.3 is 9.64 Å². The van der Waals surface area contributed by atoms with Gasteiger partial charge in [0.25, 0.3) is 5.91 Å². The molecule has 120 valence electrons. The van der Waals surface area contributed by atoms with Gasteiger partial charge in [-0.2, -0.15) is 0 Å². The van der Waals surface area contributed by atoms with Crippen LogP contribution in [0, 0.1) is 5.41 Å². The molecule has 1 aliphatic heterocycles. The second-order valence-electron chi connectivity index (χ2n) is 6.44. The van der Waals surface area contributed by atoms with Crippen molar-refractivity contribution in [3.63, 3.8) is 0 Å². The van der Waals surface area contributed by atoms with Crippen LogP contribution in [0.25, 0.3) is 0 Å². The topological polar surface area (TPSA) is 29.5 Å². The Hall–Kier alpha value is -0.770. The Balaban J connectivity index is 1.79. The summed E-state index contributed by atoms with van der Waals surface area (Å²) in [6.45, 7) is 1.59. The Kier molecular flexibility index (Phi) is 4.67. The lowest BCUT2D eigenvalue weighted by atomic mass is 9.76. The summed E-state index contributed by atoms with van der Waals surface area (Å²) in [5.74, 6) is 0.0411. The van der Waals surface area contributed by atoms with E-state index in [1.165, 1.54) is 6.42 Å². The third-order valence-electron chi connectivity index (χ3n) is 5.17. The molecular weight excluding hydrogens is 321 g/mol. The van der Waals surface area contributed by atoms with Gasteiger partial charge in [0.05, 0.1) is 16.1 Å². The van der Waals surface area contributed by atoms with E-state index in [9.17, 15) is 4.79 Å². The molecule has 0 N–H and O–H groups in total. The van der Waals surface area contributed by atoms with Crippen LogP contribution in [-0.4, -0.2) is 37.1 Å². The number of methoxy groups -OCH3 is 1. The van der Waals surface area contributed by atoms with Crippen LogP contribution in [0.5, 0.6) is 0 Å². The first-order valence-corrected chi connectivity index (χ1v) is 8.58. The highest BCUT2D eigenvalue weighted by molar-refractivity contribution is 6.42. The SMILES string of the molecule is CO[C@@H]1CCC[C@]12CCCN(C(=O)c1ccc(Cl)c(Cl)c1)C2. The number of carbonyl (C=O) groups excluding carboxylic acids is 1. The number of carbonyl (C=O) groups is 1. The predicted molar refractivity (Wildman–Crippen MR) is 88.7 cm³/mol. The van der Waals surface area contributed by atoms with E-state index in [-0.39, 0.29) is 17.4 Å². The van der Waals surface area contributed by atoms with Crippen LogP contribution in [0.4, 0.5) is 0 Å². The molecule has 0 bridgehead atoms. The lowest BCUT2D eigenvalue weighted by Crippen LogP contribution is -2.49. The Morgan fingerprint density at radius 3 is 2.77 bits per heavy atom. The maximum absolute atomic E-state index is 12.8. The van der Waals surface area contributed by atoms with E-state index in [1.54, 1.807) is 25.3 Å². The molecule has 22 heavy (non-hydrogen) atoms. The van der Waals surface area contributed by atoms with Gasteiger partial charge in [-0.25, -0.2) is 0 Å². The molecule has 1 heterocycles. The first-order chi connectivity index (χ1) is 10.6. The van der Waals surface area contributed by atoms with Gasteiger partial charge in [0.2, 0.25) is 0 Å². The molecule has 1 spiro atoms. The van der Waals surface area contributed by atoms with E-state index in [1.807, 2.05) is 4.90 Å². The van der Waals surface area contributed by atoms with Crippen molar-refractivity contribution in [3.05, 3.63) is 33.8 Å². The first kappa shape index (κ1) is 16.1. The quantitative estimate of drug-likeness (QED) is 0.797. The lowest BCUT2D eigenvalue weighted by Gasteiger charge is -2.43. The van der Waals surface area contributed by atoms with Crippen molar-refractivity contribution < 1.29 is 9.53 Å². The summed E-state index contributed by atoms with van der Waals surface area (Å²) in [7, 11) is 1.79. The van der Waals surface area contributed by atoms with Crippen molar-refractivity contribution in [2.24, 2.45) is 5.41 Å². The Morgan fingerprint density at radius 1 is 1.27 bits per heavy atom. The molecular formula is C17H21Cl2NO2. The van der Waals surface area contributed by atoms with Crippen molar-refractivity contribution in [1.29, 1.82) is 0 Å². The number of ether oxygens (including phenoxy) is 1. The van der Waals surface area contributed by atoms with E-state index in [2.05, 4.69) is 0 Å².